The van der Waals surface area contributed by atoms with E-state index in [4.69, 9.17) is 0 Å². The molecule has 1 unspecified atom stereocenters. The van der Waals surface area contributed by atoms with Gasteiger partial charge in [0.25, 0.3) is 0 Å². The summed E-state index contributed by atoms with van der Waals surface area (Å²) in [5.41, 5.74) is 1.28. The SMILES string of the molecule is CCCCS(=O)(=O)N1CC(=O)N(c2cc(-c3ccccc3)sc2C(=O)O)C(C2CCCCC2)C1. The summed E-state index contributed by atoms with van der Waals surface area (Å²) in [5, 5.41) is 9.98. The summed E-state index contributed by atoms with van der Waals surface area (Å²) < 4.78 is 27.3. The van der Waals surface area contributed by atoms with Crippen LogP contribution in [0.15, 0.2) is 36.4 Å². The molecule has 2 fully saturated rings. The third kappa shape index (κ3) is 5.21. The van der Waals surface area contributed by atoms with Gasteiger partial charge in [-0.25, -0.2) is 13.2 Å². The standard InChI is InChI=1S/C25H32N2O5S2/c1-2-3-14-34(31,32)26-16-21(18-10-6-4-7-11-18)27(23(28)17-26)20-15-22(33-24(20)25(29)30)19-12-8-5-9-13-19/h5,8-9,12-13,15,18,21H,2-4,6-7,10-11,14,16-17H2,1H3,(H,29,30). The van der Waals surface area contributed by atoms with Gasteiger partial charge in [-0.05, 0) is 36.8 Å². The molecule has 0 bridgehead atoms. The fourth-order valence-corrected chi connectivity index (χ4v) is 7.68. The number of nitrogens with zero attached hydrogens (tertiary/aromatic N) is 2. The molecule has 34 heavy (non-hydrogen) atoms. The number of hydrogen-bond acceptors (Lipinski definition) is 5. The van der Waals surface area contributed by atoms with Gasteiger partial charge in [0.2, 0.25) is 15.9 Å². The molecule has 1 N–H and O–H groups in total. The fraction of sp³-hybridized carbons (Fsp3) is 0.520. The number of thiophene rings is 1. The summed E-state index contributed by atoms with van der Waals surface area (Å²) >= 11 is 1.16. The predicted molar refractivity (Wildman–Crippen MR) is 135 cm³/mol. The molecule has 0 spiro atoms. The van der Waals surface area contributed by atoms with E-state index < -0.39 is 16.0 Å². The molecular formula is C25H32N2O5S2. The van der Waals surface area contributed by atoms with Crippen LogP contribution in [0.1, 0.15) is 61.5 Å². The van der Waals surface area contributed by atoms with Gasteiger partial charge in [-0.1, -0.05) is 62.9 Å². The summed E-state index contributed by atoms with van der Waals surface area (Å²) in [5.74, 6) is -1.24. The van der Waals surface area contributed by atoms with Crippen LogP contribution in [0.2, 0.25) is 0 Å². The van der Waals surface area contributed by atoms with Crippen molar-refractivity contribution < 1.29 is 23.1 Å². The van der Waals surface area contributed by atoms with Gasteiger partial charge in [-0.2, -0.15) is 4.31 Å². The lowest BCUT2D eigenvalue weighted by Gasteiger charge is -2.45. The van der Waals surface area contributed by atoms with Crippen LogP contribution < -0.4 is 4.90 Å². The predicted octanol–water partition coefficient (Wildman–Crippen LogP) is 4.84. The Morgan fingerprint density at radius 3 is 2.50 bits per heavy atom. The number of hydrogen-bond donors (Lipinski definition) is 1. The van der Waals surface area contributed by atoms with E-state index in [1.165, 1.54) is 4.31 Å². The number of benzene rings is 1. The molecule has 2 heterocycles. The molecule has 7 nitrogen and oxygen atoms in total. The Kier molecular flexibility index (Phi) is 7.74. The number of unbranched alkanes of at least 4 members (excludes halogenated alkanes) is 1. The Labute approximate surface area is 205 Å². The maximum Gasteiger partial charge on any atom is 0.348 e. The van der Waals surface area contributed by atoms with Crippen molar-refractivity contribution in [3.8, 4) is 10.4 Å². The maximum atomic E-state index is 13.5. The van der Waals surface area contributed by atoms with E-state index in [-0.39, 0.29) is 41.6 Å². The highest BCUT2D eigenvalue weighted by molar-refractivity contribution is 7.89. The zero-order valence-electron chi connectivity index (χ0n) is 19.5. The monoisotopic (exact) mass is 504 g/mol. The highest BCUT2D eigenvalue weighted by Crippen LogP contribution is 2.41. The van der Waals surface area contributed by atoms with E-state index in [0.717, 1.165) is 60.3 Å². The van der Waals surface area contributed by atoms with Gasteiger partial charge in [-0.15, -0.1) is 11.3 Å². The Morgan fingerprint density at radius 1 is 1.15 bits per heavy atom. The van der Waals surface area contributed by atoms with E-state index in [9.17, 15) is 23.1 Å². The van der Waals surface area contributed by atoms with E-state index in [0.29, 0.717) is 12.1 Å². The molecule has 1 amide bonds. The molecule has 0 radical (unpaired) electrons. The molecule has 1 aliphatic carbocycles. The van der Waals surface area contributed by atoms with Gasteiger partial charge in [0.15, 0.2) is 0 Å². The van der Waals surface area contributed by atoms with Gasteiger partial charge in [0.1, 0.15) is 4.88 Å². The van der Waals surface area contributed by atoms with Crippen LogP contribution in [-0.4, -0.2) is 54.6 Å². The average molecular weight is 505 g/mol. The highest BCUT2D eigenvalue weighted by atomic mass is 32.2. The lowest BCUT2D eigenvalue weighted by molar-refractivity contribution is -0.121. The van der Waals surface area contributed by atoms with Crippen LogP contribution in [0, 0.1) is 5.92 Å². The van der Waals surface area contributed by atoms with Crippen LogP contribution in [0.25, 0.3) is 10.4 Å². The first-order valence-corrected chi connectivity index (χ1v) is 14.5. The van der Waals surface area contributed by atoms with Crippen molar-refractivity contribution >= 4 is 38.9 Å². The van der Waals surface area contributed by atoms with Crippen molar-refractivity contribution in [1.82, 2.24) is 4.31 Å². The molecular weight excluding hydrogens is 472 g/mol. The minimum absolute atomic E-state index is 0.0329. The van der Waals surface area contributed by atoms with Crippen molar-refractivity contribution in [2.45, 2.75) is 57.9 Å². The largest absolute Gasteiger partial charge is 0.477 e. The molecule has 1 saturated heterocycles. The van der Waals surface area contributed by atoms with E-state index in [1.54, 1.807) is 11.0 Å². The number of carboxylic acids is 1. The number of rotatable bonds is 8. The van der Waals surface area contributed by atoms with Crippen LogP contribution >= 0.6 is 11.3 Å². The topological polar surface area (TPSA) is 95.0 Å². The van der Waals surface area contributed by atoms with Gasteiger partial charge in [0, 0.05) is 11.4 Å². The quantitative estimate of drug-likeness (QED) is 0.555. The Balaban J connectivity index is 1.74. The normalized spacial score (nSPS) is 20.6. The smallest absolute Gasteiger partial charge is 0.348 e. The van der Waals surface area contributed by atoms with Crippen molar-refractivity contribution in [2.24, 2.45) is 5.92 Å². The molecule has 1 aliphatic heterocycles. The fourth-order valence-electron chi connectivity index (χ4n) is 5.08. The van der Waals surface area contributed by atoms with Gasteiger partial charge < -0.3 is 10.0 Å². The van der Waals surface area contributed by atoms with E-state index in [1.807, 2.05) is 37.3 Å². The minimum atomic E-state index is -3.55. The lowest BCUT2D eigenvalue weighted by Crippen LogP contribution is -2.61. The lowest BCUT2D eigenvalue weighted by atomic mass is 9.82. The van der Waals surface area contributed by atoms with Crippen molar-refractivity contribution in [2.75, 3.05) is 23.7 Å². The first-order chi connectivity index (χ1) is 16.3. The van der Waals surface area contributed by atoms with Crippen LogP contribution in [0.4, 0.5) is 5.69 Å². The average Bonchev–Trinajstić information content (AvgIpc) is 3.29. The second-order valence-electron chi connectivity index (χ2n) is 9.19. The Morgan fingerprint density at radius 2 is 1.85 bits per heavy atom. The first kappa shape index (κ1) is 24.9. The summed E-state index contributed by atoms with van der Waals surface area (Å²) in [4.78, 5) is 28.3. The number of amides is 1. The van der Waals surface area contributed by atoms with Crippen molar-refractivity contribution in [3.05, 3.63) is 41.3 Å². The number of anilines is 1. The number of piperazine rings is 1. The molecule has 1 aromatic heterocycles. The van der Waals surface area contributed by atoms with Crippen LogP contribution in [0.5, 0.6) is 0 Å². The third-order valence-corrected chi connectivity index (χ3v) is 9.90. The van der Waals surface area contributed by atoms with Crippen molar-refractivity contribution in [3.63, 3.8) is 0 Å². The second kappa shape index (κ2) is 10.6. The molecule has 9 heteroatoms. The molecule has 1 atom stereocenters. The number of carbonyl (C=O) groups is 2. The minimum Gasteiger partial charge on any atom is -0.477 e. The second-order valence-corrected chi connectivity index (χ2v) is 12.3. The zero-order valence-corrected chi connectivity index (χ0v) is 21.1. The third-order valence-electron chi connectivity index (χ3n) is 6.87. The van der Waals surface area contributed by atoms with Gasteiger partial charge >= 0.3 is 5.97 Å². The Hall–Kier alpha value is -2.23. The van der Waals surface area contributed by atoms with E-state index in [2.05, 4.69) is 0 Å². The van der Waals surface area contributed by atoms with Crippen molar-refractivity contribution in [1.29, 1.82) is 0 Å². The molecule has 2 aromatic rings. The Bertz CT molecular complexity index is 1120. The summed E-state index contributed by atoms with van der Waals surface area (Å²) in [6.07, 6.45) is 6.35. The van der Waals surface area contributed by atoms with Gasteiger partial charge in [0.05, 0.1) is 24.0 Å². The zero-order chi connectivity index (χ0) is 24.3. The number of sulfonamides is 1. The van der Waals surface area contributed by atoms with E-state index >= 15 is 0 Å². The molecule has 184 valence electrons. The number of aromatic carboxylic acids is 1. The molecule has 2 aliphatic rings. The summed E-state index contributed by atoms with van der Waals surface area (Å²) in [7, 11) is -3.55. The highest BCUT2D eigenvalue weighted by Gasteiger charge is 2.43. The number of carbonyl (C=O) groups excluding carboxylic acids is 1. The van der Waals surface area contributed by atoms with Crippen LogP contribution in [0.3, 0.4) is 0 Å². The number of carboxylic acid groups (broad SMARTS) is 1. The first-order valence-electron chi connectivity index (χ1n) is 12.0. The molecule has 4 rings (SSSR count). The summed E-state index contributed by atoms with van der Waals surface area (Å²) in [6.45, 7) is 1.92. The molecule has 1 saturated carbocycles. The van der Waals surface area contributed by atoms with Crippen LogP contribution in [-0.2, 0) is 14.8 Å². The molecule has 1 aromatic carbocycles. The maximum absolute atomic E-state index is 13.5. The van der Waals surface area contributed by atoms with Gasteiger partial charge in [-0.3, -0.25) is 4.79 Å². The summed E-state index contributed by atoms with van der Waals surface area (Å²) in [6, 6.07) is 10.9.